The van der Waals surface area contributed by atoms with E-state index in [9.17, 15) is 23.6 Å². The lowest BCUT2D eigenvalue weighted by Gasteiger charge is -2.24. The number of hydrogen-bond donors (Lipinski definition) is 8. The molecule has 8 aromatic carbocycles. The summed E-state index contributed by atoms with van der Waals surface area (Å²) in [5.74, 6) is 2.05. The smallest absolute Gasteiger partial charge is 0.264 e. The van der Waals surface area contributed by atoms with Crippen LogP contribution in [0.25, 0.3) is 110 Å². The highest BCUT2D eigenvalue weighted by Gasteiger charge is 2.28. The minimum atomic E-state index is -0.461. The number of benzene rings is 8. The van der Waals surface area contributed by atoms with E-state index < -0.39 is 5.82 Å². The summed E-state index contributed by atoms with van der Waals surface area (Å²) >= 11 is 6.41. The van der Waals surface area contributed by atoms with Gasteiger partial charge in [-0.05, 0) is 170 Å². The lowest BCUT2D eigenvalue weighted by atomic mass is 10.0. The summed E-state index contributed by atoms with van der Waals surface area (Å²) in [5, 5.41) is 20.4. The van der Waals surface area contributed by atoms with Crippen molar-refractivity contribution in [2.24, 2.45) is 0 Å². The number of aromatic nitrogens is 20. The number of hydrogen-bond acceptors (Lipinski definition) is 20. The molecular weight excluding hydrogens is 1740 g/mol. The third-order valence-electron chi connectivity index (χ3n) is 22.5. The molecule has 0 saturated heterocycles. The molecule has 0 spiro atoms. The van der Waals surface area contributed by atoms with Crippen LogP contribution in [0.15, 0.2) is 276 Å². The summed E-state index contributed by atoms with van der Waals surface area (Å²) in [5.41, 5.74) is 14.6. The molecule has 12 heterocycles. The minimum Gasteiger partial charge on any atom is -0.360 e. The molecule has 0 fully saturated rings. The summed E-state index contributed by atoms with van der Waals surface area (Å²) in [4.78, 5) is 118. The molecule has 20 aromatic rings. The molecule has 0 aliphatic carbocycles. The Balaban J connectivity index is 0.000000146. The maximum atomic E-state index is 14.9. The van der Waals surface area contributed by atoms with Crippen molar-refractivity contribution in [3.63, 3.8) is 0 Å². The van der Waals surface area contributed by atoms with Crippen molar-refractivity contribution < 1.29 is 4.39 Å². The Labute approximate surface area is 777 Å². The van der Waals surface area contributed by atoms with Gasteiger partial charge in [-0.3, -0.25) is 37.4 Å². The molecular formula is C96H94ClFN24O4S4. The van der Waals surface area contributed by atoms with E-state index in [1.807, 2.05) is 208 Å². The number of nitrogens with zero attached hydrogens (tertiary/aromatic N) is 16. The van der Waals surface area contributed by atoms with E-state index in [4.69, 9.17) is 11.6 Å². The van der Waals surface area contributed by atoms with Gasteiger partial charge in [-0.15, -0.1) is 0 Å². The number of aromatic amines is 4. The molecule has 0 amide bonds. The second-order valence-corrected chi connectivity index (χ2v) is 30.7. The van der Waals surface area contributed by atoms with E-state index in [1.165, 1.54) is 35.9 Å². The molecule has 0 bridgehead atoms. The summed E-state index contributed by atoms with van der Waals surface area (Å²) in [7, 11) is 0. The molecule has 130 heavy (non-hydrogen) atoms. The first kappa shape index (κ1) is 93.3. The first-order valence-electron chi connectivity index (χ1n) is 41.3. The van der Waals surface area contributed by atoms with Crippen molar-refractivity contribution >= 4 is 177 Å². The zero-order chi connectivity index (χ0) is 87.2. The maximum Gasteiger partial charge on any atom is 0.264 e. The second-order valence-electron chi connectivity index (χ2n) is 30.3. The van der Waals surface area contributed by atoms with Gasteiger partial charge in [0, 0.05) is 39.8 Å². The molecule has 0 aliphatic rings. The molecule has 12 aromatic heterocycles. The Hall–Kier alpha value is -14.4. The van der Waals surface area contributed by atoms with E-state index in [1.54, 1.807) is 54.1 Å². The summed E-state index contributed by atoms with van der Waals surface area (Å²) in [6.45, 7) is 16.1. The quantitative estimate of drug-likeness (QED) is 0.0351. The van der Waals surface area contributed by atoms with Gasteiger partial charge < -0.3 is 41.2 Å². The molecule has 0 saturated carbocycles. The molecule has 20 rings (SSSR count). The second kappa shape index (κ2) is 41.2. The van der Waals surface area contributed by atoms with Gasteiger partial charge in [-0.25, -0.2) is 64.2 Å². The topological polar surface area (TPSA) is 354 Å². The largest absolute Gasteiger partial charge is 0.360 e. The zero-order valence-electron chi connectivity index (χ0n) is 71.9. The number of rotatable bonds is 20. The number of pyridine rings is 4. The van der Waals surface area contributed by atoms with Crippen LogP contribution in [0.1, 0.15) is 123 Å². The van der Waals surface area contributed by atoms with E-state index in [0.717, 1.165) is 125 Å². The molecule has 660 valence electrons. The van der Waals surface area contributed by atoms with Gasteiger partial charge in [0.2, 0.25) is 0 Å². The number of nitrogens with one attached hydrogen (secondary N) is 8. The fraction of sp³-hybridized carbons (Fsp3) is 0.167. The van der Waals surface area contributed by atoms with Crippen LogP contribution in [0.4, 0.5) is 27.7 Å². The minimum absolute atomic E-state index is 0. The van der Waals surface area contributed by atoms with E-state index >= 15 is 0 Å². The highest BCUT2D eigenvalue weighted by atomic mass is 35.5. The lowest BCUT2D eigenvalue weighted by Crippen LogP contribution is -2.27. The number of para-hydroxylation sites is 3. The number of imidazole rings is 4. The number of aryl methyl sites for hydroxylation is 4. The molecule has 28 nitrogen and oxygen atoms in total. The van der Waals surface area contributed by atoms with Crippen molar-refractivity contribution in [3.05, 3.63) is 354 Å². The Morgan fingerprint density at radius 3 is 0.938 bits per heavy atom. The highest BCUT2D eigenvalue weighted by molar-refractivity contribution is 7.59. The average molecular weight is 1830 g/mol. The number of anilines is 4. The molecule has 8 N–H and O–H groups in total. The third kappa shape index (κ3) is 18.6. The van der Waals surface area contributed by atoms with E-state index in [0.29, 0.717) is 79.3 Å². The van der Waals surface area contributed by atoms with Crippen LogP contribution in [-0.4, -0.2) is 98.0 Å². The molecule has 0 radical (unpaired) electrons. The first-order valence-corrected chi connectivity index (χ1v) is 41.7. The van der Waals surface area contributed by atoms with Crippen molar-refractivity contribution in [3.8, 4) is 22.7 Å². The van der Waals surface area contributed by atoms with Gasteiger partial charge in [0.1, 0.15) is 53.2 Å². The third-order valence-corrected chi connectivity index (χ3v) is 22.8. The fourth-order valence-electron chi connectivity index (χ4n) is 16.3. The van der Waals surface area contributed by atoms with Gasteiger partial charge in [0.15, 0.2) is 45.9 Å². The molecule has 0 unspecified atom stereocenters. The van der Waals surface area contributed by atoms with Crippen LogP contribution in [0, 0.1) is 33.5 Å². The van der Waals surface area contributed by atoms with Gasteiger partial charge in [-0.1, -0.05) is 172 Å². The van der Waals surface area contributed by atoms with Crippen LogP contribution in [0.5, 0.6) is 0 Å². The average Bonchev–Trinajstić information content (AvgIpc) is 0.987. The number of H-pyrrole nitrogens is 4. The van der Waals surface area contributed by atoms with Crippen molar-refractivity contribution in [1.29, 1.82) is 0 Å². The van der Waals surface area contributed by atoms with Gasteiger partial charge >= 0.3 is 0 Å². The normalized spacial score (nSPS) is 12.0. The monoisotopic (exact) mass is 1830 g/mol. The van der Waals surface area contributed by atoms with Crippen molar-refractivity contribution in [2.75, 3.05) is 21.3 Å². The molecule has 34 heteroatoms. The van der Waals surface area contributed by atoms with Gasteiger partial charge in [0.25, 0.3) is 22.2 Å². The highest BCUT2D eigenvalue weighted by Crippen LogP contribution is 2.36. The van der Waals surface area contributed by atoms with E-state index in [-0.39, 0.29) is 106 Å². The van der Waals surface area contributed by atoms with Crippen molar-refractivity contribution in [2.45, 2.75) is 105 Å². The fourth-order valence-corrected chi connectivity index (χ4v) is 16.5. The van der Waals surface area contributed by atoms with Gasteiger partial charge in [-0.2, -0.15) is 54.0 Å². The van der Waals surface area contributed by atoms with Crippen LogP contribution >= 0.6 is 65.6 Å². The standard InChI is InChI=1S/C25H24N6O.C24H21FN6O.C24H22N6O.C23H19ClN6O.4H2S/c1-4-19(30-24-22-23(27-13-26-22)28-14-29-24)20-12-17-7-5-6-16(3)21(17)25(32)31(20)18-10-8-15(2)9-11-18;1-3-17(30-23-21-22(27-12-26-21)28-13-29-23)19-11-15-8-6-7-14(2)20(15)24(32)31(19)18-10-5-4-9-16(18)25;1-3-18(29-23-21-22(26-13-25-21)27-14-28-23)19-12-16-9-7-8-15(2)20(16)24(31)30(19)17-10-5-4-6-11-17;1-2-17(29-22-20-21(26-12-25-20)27-13-28-22)18-11-14-7-6-10-16(24)19(14)23(31)30(18)15-8-4-3-5-9-15;;;;/h5-14,19H,4H2,1-3H3,(H2,26,27,28,29,30);4-13,17H,3H2,1-2H3,(H2,26,27,28,29,30);4-14,18H,3H2,1-2H3,(H2,25,26,27,28,29);3-13,17H,2H2,1H3,(H2,25,26,27,28,29);4*1H2/t19-;17-;18-;17-;;;;/m0000..../s1. The van der Waals surface area contributed by atoms with Crippen LogP contribution in [0.3, 0.4) is 0 Å². The maximum absolute atomic E-state index is 14.9. The van der Waals surface area contributed by atoms with Crippen molar-refractivity contribution in [1.82, 2.24) is 98.0 Å². The predicted molar refractivity (Wildman–Crippen MR) is 537 cm³/mol. The molecule has 4 atom stereocenters. The number of fused-ring (bicyclic) bond motifs is 8. The van der Waals surface area contributed by atoms with E-state index in [2.05, 4.69) is 134 Å². The summed E-state index contributed by atoms with van der Waals surface area (Å²) < 4.78 is 21.7. The molecule has 0 aliphatic heterocycles. The van der Waals surface area contributed by atoms with Crippen LogP contribution < -0.4 is 43.5 Å². The summed E-state index contributed by atoms with van der Waals surface area (Å²) in [6.07, 6.45) is 15.1. The number of halogens is 2. The summed E-state index contributed by atoms with van der Waals surface area (Å²) in [6, 6.07) is 64.2. The first-order chi connectivity index (χ1) is 61.5. The Kier molecular flexibility index (Phi) is 29.5. The van der Waals surface area contributed by atoms with Gasteiger partial charge in [0.05, 0.1) is 81.7 Å². The zero-order valence-corrected chi connectivity index (χ0v) is 76.7. The van der Waals surface area contributed by atoms with Crippen LogP contribution in [-0.2, 0) is 0 Å². The Bertz CT molecular complexity index is 7480. The SMILES string of the molecule is CC[C@H](Nc1ncnc2nc[nH]c12)c1cc2cccc(C)c2c(=O)n1-c1ccc(C)cc1.CC[C@H](Nc1ncnc2nc[nH]c12)c1cc2cccc(C)c2c(=O)n1-c1ccccc1.CC[C@H](Nc1ncnc2nc[nH]c12)c1cc2cccc(C)c2c(=O)n1-c1ccccc1F.CC[C@H](Nc1ncnc2nc[nH]c12)c1cc2cccc(Cl)c2c(=O)n1-c1ccccc1.S.S.S.S. The lowest BCUT2D eigenvalue weighted by molar-refractivity contribution is 0.606. The Morgan fingerprint density at radius 1 is 0.323 bits per heavy atom. The van der Waals surface area contributed by atoms with Crippen LogP contribution in [0.2, 0.25) is 5.02 Å². The predicted octanol–water partition coefficient (Wildman–Crippen LogP) is 19.4. The Morgan fingerprint density at radius 2 is 0.608 bits per heavy atom.